The summed E-state index contributed by atoms with van der Waals surface area (Å²) >= 11 is 0. The molecule has 8 nitrogen and oxygen atoms in total. The highest BCUT2D eigenvalue weighted by Gasteiger charge is 2.29. The molecule has 164 valence electrons. The van der Waals surface area contributed by atoms with E-state index in [1.807, 2.05) is 6.92 Å². The van der Waals surface area contributed by atoms with Crippen LogP contribution in [0.4, 0.5) is 0 Å². The van der Waals surface area contributed by atoms with Gasteiger partial charge >= 0.3 is 0 Å². The minimum absolute atomic E-state index is 0.0310. The maximum atomic E-state index is 13.3. The van der Waals surface area contributed by atoms with Crippen molar-refractivity contribution in [2.45, 2.75) is 51.0 Å². The molecule has 0 radical (unpaired) electrons. The Kier molecular flexibility index (Phi) is 6.82. The molecule has 0 atom stereocenters. The third-order valence-corrected chi connectivity index (χ3v) is 7.44. The highest BCUT2D eigenvalue weighted by atomic mass is 32.2. The molecule has 1 aromatic carbocycles. The van der Waals surface area contributed by atoms with Crippen molar-refractivity contribution in [2.75, 3.05) is 27.2 Å². The molecular weight excluding hydrogens is 406 g/mol. The molecule has 0 aliphatic carbocycles. The number of nitrogens with zero attached hydrogens (tertiary/aromatic N) is 3. The number of carbonyl (C=O) groups excluding carboxylic acids is 1. The predicted octanol–water partition coefficient (Wildman–Crippen LogP) is 3.14. The highest BCUT2D eigenvalue weighted by Crippen LogP contribution is 2.30. The van der Waals surface area contributed by atoms with Gasteiger partial charge in [0.05, 0.1) is 19.3 Å². The van der Waals surface area contributed by atoms with Crippen molar-refractivity contribution in [2.24, 2.45) is 0 Å². The van der Waals surface area contributed by atoms with Crippen LogP contribution in [0.2, 0.25) is 0 Å². The van der Waals surface area contributed by atoms with Crippen LogP contribution >= 0.6 is 0 Å². The number of methoxy groups -OCH3 is 1. The topological polar surface area (TPSA) is 93.0 Å². The van der Waals surface area contributed by atoms with Crippen LogP contribution in [0.5, 0.6) is 5.75 Å². The Balaban J connectivity index is 1.90. The molecule has 30 heavy (non-hydrogen) atoms. The fraction of sp³-hybridized carbons (Fsp3) is 0.524. The number of ether oxygens (including phenoxy) is 1. The van der Waals surface area contributed by atoms with Crippen molar-refractivity contribution in [1.82, 2.24) is 14.4 Å². The van der Waals surface area contributed by atoms with Crippen LogP contribution in [0.1, 0.15) is 53.1 Å². The van der Waals surface area contributed by atoms with E-state index < -0.39 is 10.0 Å². The first-order chi connectivity index (χ1) is 14.3. The van der Waals surface area contributed by atoms with E-state index >= 15 is 0 Å². The third kappa shape index (κ3) is 4.52. The predicted molar refractivity (Wildman–Crippen MR) is 112 cm³/mol. The number of aryl methyl sites for hydroxylation is 2. The van der Waals surface area contributed by atoms with Gasteiger partial charge in [-0.05, 0) is 44.9 Å². The zero-order valence-electron chi connectivity index (χ0n) is 18.0. The maximum absolute atomic E-state index is 13.3. The van der Waals surface area contributed by atoms with E-state index in [1.165, 1.54) is 22.4 Å². The zero-order chi connectivity index (χ0) is 21.9. The molecule has 1 aliphatic heterocycles. The van der Waals surface area contributed by atoms with E-state index in [2.05, 4.69) is 5.16 Å². The summed E-state index contributed by atoms with van der Waals surface area (Å²) < 4.78 is 38.6. The Bertz CT molecular complexity index is 988. The third-order valence-electron chi connectivity index (χ3n) is 5.52. The quantitative estimate of drug-likeness (QED) is 0.692. The van der Waals surface area contributed by atoms with Crippen molar-refractivity contribution in [3.63, 3.8) is 0 Å². The van der Waals surface area contributed by atoms with Crippen LogP contribution in [0, 0.1) is 13.8 Å². The molecule has 0 unspecified atom stereocenters. The summed E-state index contributed by atoms with van der Waals surface area (Å²) in [4.78, 5) is 14.6. The fourth-order valence-corrected chi connectivity index (χ4v) is 5.39. The summed E-state index contributed by atoms with van der Waals surface area (Å²) in [5.41, 5.74) is 1.86. The second-order valence-corrected chi connectivity index (χ2v) is 9.55. The Morgan fingerprint density at radius 2 is 1.87 bits per heavy atom. The first-order valence-corrected chi connectivity index (χ1v) is 11.5. The number of hydrogen-bond donors (Lipinski definition) is 0. The van der Waals surface area contributed by atoms with Gasteiger partial charge in [0.1, 0.15) is 16.4 Å². The zero-order valence-corrected chi connectivity index (χ0v) is 18.8. The average Bonchev–Trinajstić information content (AvgIpc) is 2.95. The lowest BCUT2D eigenvalue weighted by atomic mass is 10.1. The Labute approximate surface area is 177 Å². The number of sulfonamides is 1. The van der Waals surface area contributed by atoms with Crippen molar-refractivity contribution in [3.05, 3.63) is 40.8 Å². The van der Waals surface area contributed by atoms with Crippen LogP contribution in [0.25, 0.3) is 0 Å². The Hall–Kier alpha value is -2.39. The summed E-state index contributed by atoms with van der Waals surface area (Å²) in [5.74, 6) is 0.612. The minimum atomic E-state index is -3.76. The van der Waals surface area contributed by atoms with Crippen LogP contribution in [0.3, 0.4) is 0 Å². The number of carbonyl (C=O) groups is 1. The van der Waals surface area contributed by atoms with Crippen molar-refractivity contribution in [1.29, 1.82) is 0 Å². The van der Waals surface area contributed by atoms with Gasteiger partial charge in [-0.2, -0.15) is 4.31 Å². The van der Waals surface area contributed by atoms with Crippen LogP contribution in [0.15, 0.2) is 27.6 Å². The van der Waals surface area contributed by atoms with Gasteiger partial charge in [0.25, 0.3) is 5.91 Å². The molecule has 1 fully saturated rings. The second-order valence-electron chi connectivity index (χ2n) is 7.65. The largest absolute Gasteiger partial charge is 0.495 e. The van der Waals surface area contributed by atoms with Gasteiger partial charge in [0.15, 0.2) is 0 Å². The lowest BCUT2D eigenvalue weighted by molar-refractivity contribution is 0.0784. The average molecular weight is 436 g/mol. The van der Waals surface area contributed by atoms with Gasteiger partial charge < -0.3 is 14.2 Å². The minimum Gasteiger partial charge on any atom is -0.495 e. The van der Waals surface area contributed by atoms with Crippen molar-refractivity contribution >= 4 is 15.9 Å². The molecule has 0 bridgehead atoms. The Morgan fingerprint density at radius 3 is 2.43 bits per heavy atom. The van der Waals surface area contributed by atoms with E-state index in [1.54, 1.807) is 26.1 Å². The molecule has 1 saturated heterocycles. The van der Waals surface area contributed by atoms with Crippen LogP contribution < -0.4 is 4.74 Å². The van der Waals surface area contributed by atoms with E-state index in [4.69, 9.17) is 9.26 Å². The number of rotatable bonds is 6. The number of aromatic nitrogens is 1. The number of benzene rings is 1. The maximum Gasteiger partial charge on any atom is 0.253 e. The second kappa shape index (κ2) is 9.18. The van der Waals surface area contributed by atoms with E-state index in [0.29, 0.717) is 31.0 Å². The van der Waals surface area contributed by atoms with E-state index in [-0.39, 0.29) is 16.6 Å². The number of amides is 1. The van der Waals surface area contributed by atoms with Gasteiger partial charge in [-0.3, -0.25) is 4.79 Å². The Morgan fingerprint density at radius 1 is 1.20 bits per heavy atom. The molecule has 3 rings (SSSR count). The molecule has 2 heterocycles. The highest BCUT2D eigenvalue weighted by molar-refractivity contribution is 7.89. The standard InChI is InChI=1S/C21H29N3O5S/c1-15-18(16(2)29-22-15)14-23(3)21(25)17-9-10-19(28-4)20(13-17)30(26,27)24-11-7-5-6-8-12-24/h9-10,13H,5-8,11-12,14H2,1-4H3. The summed E-state index contributed by atoms with van der Waals surface area (Å²) in [6.07, 6.45) is 3.71. The molecule has 1 aromatic heterocycles. The van der Waals surface area contributed by atoms with Crippen LogP contribution in [-0.4, -0.2) is 55.9 Å². The first-order valence-electron chi connectivity index (χ1n) is 10.1. The summed E-state index contributed by atoms with van der Waals surface area (Å²) in [6.45, 7) is 4.90. The molecule has 1 amide bonds. The van der Waals surface area contributed by atoms with E-state index in [0.717, 1.165) is 36.9 Å². The van der Waals surface area contributed by atoms with Gasteiger partial charge in [-0.25, -0.2) is 8.42 Å². The molecule has 9 heteroatoms. The first kappa shape index (κ1) is 22.3. The fourth-order valence-electron chi connectivity index (χ4n) is 3.69. The molecule has 0 N–H and O–H groups in total. The van der Waals surface area contributed by atoms with Gasteiger partial charge in [-0.1, -0.05) is 18.0 Å². The van der Waals surface area contributed by atoms with Crippen molar-refractivity contribution < 1.29 is 22.5 Å². The lowest BCUT2D eigenvalue weighted by Crippen LogP contribution is -2.32. The lowest BCUT2D eigenvalue weighted by Gasteiger charge is -2.22. The molecule has 2 aromatic rings. The van der Waals surface area contributed by atoms with Crippen molar-refractivity contribution in [3.8, 4) is 5.75 Å². The van der Waals surface area contributed by atoms with Gasteiger partial charge in [0.2, 0.25) is 10.0 Å². The van der Waals surface area contributed by atoms with Gasteiger partial charge in [-0.15, -0.1) is 0 Å². The summed E-state index contributed by atoms with van der Waals surface area (Å²) in [7, 11) is -0.660. The molecule has 0 saturated carbocycles. The number of hydrogen-bond acceptors (Lipinski definition) is 6. The molecule has 0 spiro atoms. The molecule has 1 aliphatic rings. The normalized spacial score (nSPS) is 15.6. The van der Waals surface area contributed by atoms with Gasteiger partial charge in [0, 0.05) is 31.3 Å². The smallest absolute Gasteiger partial charge is 0.253 e. The van der Waals surface area contributed by atoms with E-state index in [9.17, 15) is 13.2 Å². The SMILES string of the molecule is COc1ccc(C(=O)N(C)Cc2c(C)noc2C)cc1S(=O)(=O)N1CCCCCC1. The summed E-state index contributed by atoms with van der Waals surface area (Å²) in [6, 6.07) is 4.55. The molecular formula is C21H29N3O5S. The monoisotopic (exact) mass is 435 g/mol. The van der Waals surface area contributed by atoms with Crippen LogP contribution in [-0.2, 0) is 16.6 Å². The summed E-state index contributed by atoms with van der Waals surface area (Å²) in [5, 5.41) is 3.92.